The van der Waals surface area contributed by atoms with E-state index in [1.54, 1.807) is 7.11 Å². The minimum Gasteiger partial charge on any atom is -0.497 e. The molecule has 5 nitrogen and oxygen atoms in total. The average molecular weight is 288 g/mol. The maximum Gasteiger partial charge on any atom is 0.168 e. The summed E-state index contributed by atoms with van der Waals surface area (Å²) in [4.78, 5) is 0. The Kier molecular flexibility index (Phi) is 3.75. The second-order valence-corrected chi connectivity index (χ2v) is 5.66. The molecule has 1 saturated heterocycles. The largest absolute Gasteiger partial charge is 0.497 e. The fourth-order valence-electron chi connectivity index (χ4n) is 3.06. The van der Waals surface area contributed by atoms with E-state index in [4.69, 9.17) is 14.2 Å². The summed E-state index contributed by atoms with van der Waals surface area (Å²) in [6, 6.07) is 10.1. The van der Waals surface area contributed by atoms with Gasteiger partial charge in [-0.15, -0.1) is 0 Å². The van der Waals surface area contributed by atoms with Crippen molar-refractivity contribution in [2.24, 2.45) is 0 Å². The van der Waals surface area contributed by atoms with E-state index < -0.39 is 11.3 Å². The van der Waals surface area contributed by atoms with Crippen molar-refractivity contribution in [2.75, 3.05) is 25.6 Å². The lowest BCUT2D eigenvalue weighted by Gasteiger charge is -2.40. The van der Waals surface area contributed by atoms with Crippen molar-refractivity contribution >= 4 is 5.69 Å². The van der Waals surface area contributed by atoms with Gasteiger partial charge in [-0.2, -0.15) is 5.26 Å². The van der Waals surface area contributed by atoms with E-state index in [1.165, 1.54) is 0 Å². The fourth-order valence-corrected chi connectivity index (χ4v) is 3.06. The van der Waals surface area contributed by atoms with E-state index >= 15 is 0 Å². The molecule has 1 aromatic rings. The molecule has 0 aromatic heterocycles. The van der Waals surface area contributed by atoms with Crippen LogP contribution in [-0.4, -0.2) is 31.6 Å². The Balaban J connectivity index is 1.68. The van der Waals surface area contributed by atoms with Crippen molar-refractivity contribution in [3.8, 4) is 11.8 Å². The molecule has 1 heterocycles. The molecule has 1 saturated carbocycles. The highest BCUT2D eigenvalue weighted by Gasteiger charge is 2.46. The van der Waals surface area contributed by atoms with Crippen LogP contribution in [-0.2, 0) is 9.47 Å². The van der Waals surface area contributed by atoms with E-state index in [0.717, 1.165) is 37.1 Å². The van der Waals surface area contributed by atoms with E-state index in [-0.39, 0.29) is 0 Å². The zero-order chi connectivity index (χ0) is 14.8. The monoisotopic (exact) mass is 288 g/mol. The van der Waals surface area contributed by atoms with Gasteiger partial charge in [0.25, 0.3) is 0 Å². The van der Waals surface area contributed by atoms with Crippen LogP contribution in [0, 0.1) is 11.3 Å². The molecule has 0 amide bonds. The number of nitrogens with zero attached hydrogens (tertiary/aromatic N) is 1. The summed E-state index contributed by atoms with van der Waals surface area (Å²) in [6.45, 7) is 1.32. The first-order valence-corrected chi connectivity index (χ1v) is 7.31. The smallest absolute Gasteiger partial charge is 0.168 e. The molecular weight excluding hydrogens is 268 g/mol. The Labute approximate surface area is 124 Å². The molecular formula is C16H20N2O3. The van der Waals surface area contributed by atoms with E-state index in [9.17, 15) is 5.26 Å². The maximum absolute atomic E-state index is 9.62. The van der Waals surface area contributed by atoms with Crippen LogP contribution < -0.4 is 10.1 Å². The highest BCUT2D eigenvalue weighted by molar-refractivity contribution is 5.50. The number of nitrogens with one attached hydrogen (secondary N) is 1. The van der Waals surface area contributed by atoms with Gasteiger partial charge >= 0.3 is 0 Å². The summed E-state index contributed by atoms with van der Waals surface area (Å²) >= 11 is 0. The van der Waals surface area contributed by atoms with Crippen LogP contribution in [0.4, 0.5) is 5.69 Å². The van der Waals surface area contributed by atoms with Gasteiger partial charge in [0.1, 0.15) is 11.3 Å². The van der Waals surface area contributed by atoms with Gasteiger partial charge in [-0.05, 0) is 37.1 Å². The summed E-state index contributed by atoms with van der Waals surface area (Å²) in [6.07, 6.45) is 2.94. The highest BCUT2D eigenvalue weighted by atomic mass is 16.7. The molecule has 1 aromatic carbocycles. The van der Waals surface area contributed by atoms with Gasteiger partial charge in [-0.25, -0.2) is 0 Å². The molecule has 1 aliphatic carbocycles. The van der Waals surface area contributed by atoms with Gasteiger partial charge in [0.15, 0.2) is 5.79 Å². The van der Waals surface area contributed by atoms with Crippen molar-refractivity contribution < 1.29 is 14.2 Å². The molecule has 0 unspecified atom stereocenters. The second kappa shape index (κ2) is 5.55. The number of benzene rings is 1. The Bertz CT molecular complexity index is 519. The summed E-state index contributed by atoms with van der Waals surface area (Å²) in [5.41, 5.74) is 0.386. The first kappa shape index (κ1) is 14.2. The zero-order valence-electron chi connectivity index (χ0n) is 12.2. The summed E-state index contributed by atoms with van der Waals surface area (Å²) < 4.78 is 16.6. The van der Waals surface area contributed by atoms with Gasteiger partial charge in [-0.3, -0.25) is 0 Å². The molecule has 1 spiro atoms. The minimum atomic E-state index is -0.546. The van der Waals surface area contributed by atoms with Crippen LogP contribution in [0.5, 0.6) is 5.75 Å². The number of anilines is 1. The summed E-state index contributed by atoms with van der Waals surface area (Å²) in [5.74, 6) is 0.365. The first-order chi connectivity index (χ1) is 10.2. The number of nitriles is 1. The summed E-state index contributed by atoms with van der Waals surface area (Å²) in [7, 11) is 1.64. The zero-order valence-corrected chi connectivity index (χ0v) is 12.2. The number of ether oxygens (including phenoxy) is 3. The molecule has 0 atom stereocenters. The van der Waals surface area contributed by atoms with Crippen LogP contribution >= 0.6 is 0 Å². The summed E-state index contributed by atoms with van der Waals surface area (Å²) in [5, 5.41) is 13.0. The standard InChI is InChI=1S/C16H20N2O3/c1-19-14-4-2-13(3-5-14)18-15(12-17)6-8-16(9-7-15)20-10-11-21-16/h2-5,18H,6-11H2,1H3. The molecule has 1 aliphatic heterocycles. The maximum atomic E-state index is 9.62. The Morgan fingerprint density at radius 3 is 2.24 bits per heavy atom. The van der Waals surface area contributed by atoms with Crippen molar-refractivity contribution in [1.82, 2.24) is 0 Å². The molecule has 21 heavy (non-hydrogen) atoms. The molecule has 0 radical (unpaired) electrons. The van der Waals surface area contributed by atoms with Crippen LogP contribution in [0.15, 0.2) is 24.3 Å². The van der Waals surface area contributed by atoms with E-state index in [2.05, 4.69) is 11.4 Å². The Morgan fingerprint density at radius 1 is 1.10 bits per heavy atom. The lowest BCUT2D eigenvalue weighted by atomic mass is 9.79. The van der Waals surface area contributed by atoms with Gasteiger partial charge in [0, 0.05) is 18.5 Å². The predicted octanol–water partition coefficient (Wildman–Crippen LogP) is 2.69. The topological polar surface area (TPSA) is 63.5 Å². The number of hydrogen-bond acceptors (Lipinski definition) is 5. The fraction of sp³-hybridized carbons (Fsp3) is 0.562. The molecule has 112 valence electrons. The van der Waals surface area contributed by atoms with Crippen molar-refractivity contribution in [2.45, 2.75) is 37.0 Å². The first-order valence-electron chi connectivity index (χ1n) is 7.31. The molecule has 1 N–H and O–H groups in total. The van der Waals surface area contributed by atoms with Gasteiger partial charge in [-0.1, -0.05) is 0 Å². The SMILES string of the molecule is COc1ccc(NC2(C#N)CCC3(CC2)OCCO3)cc1. The van der Waals surface area contributed by atoms with Crippen LogP contribution in [0.3, 0.4) is 0 Å². The number of rotatable bonds is 3. The van der Waals surface area contributed by atoms with Gasteiger partial charge < -0.3 is 19.5 Å². The van der Waals surface area contributed by atoms with E-state index in [1.807, 2.05) is 24.3 Å². The van der Waals surface area contributed by atoms with Gasteiger partial charge in [0.05, 0.1) is 26.4 Å². The number of methoxy groups -OCH3 is 1. The Hall–Kier alpha value is -1.77. The molecule has 0 bridgehead atoms. The molecule has 3 rings (SSSR count). The highest BCUT2D eigenvalue weighted by Crippen LogP contribution is 2.41. The molecule has 5 heteroatoms. The van der Waals surface area contributed by atoms with Crippen LogP contribution in [0.2, 0.25) is 0 Å². The lowest BCUT2D eigenvalue weighted by molar-refractivity contribution is -0.180. The number of hydrogen-bond donors (Lipinski definition) is 1. The van der Waals surface area contributed by atoms with E-state index in [0.29, 0.717) is 13.2 Å². The average Bonchev–Trinajstić information content (AvgIpc) is 2.99. The second-order valence-electron chi connectivity index (χ2n) is 5.66. The minimum absolute atomic E-state index is 0.443. The normalized spacial score (nSPS) is 22.7. The third-order valence-corrected chi connectivity index (χ3v) is 4.37. The van der Waals surface area contributed by atoms with Crippen molar-refractivity contribution in [1.29, 1.82) is 5.26 Å². The van der Waals surface area contributed by atoms with Crippen LogP contribution in [0.25, 0.3) is 0 Å². The third kappa shape index (κ3) is 2.82. The van der Waals surface area contributed by atoms with Gasteiger partial charge in [0.2, 0.25) is 0 Å². The molecule has 2 aliphatic rings. The lowest BCUT2D eigenvalue weighted by Crippen LogP contribution is -2.47. The van der Waals surface area contributed by atoms with Crippen molar-refractivity contribution in [3.05, 3.63) is 24.3 Å². The quantitative estimate of drug-likeness (QED) is 0.926. The predicted molar refractivity (Wildman–Crippen MR) is 78.1 cm³/mol. The van der Waals surface area contributed by atoms with Crippen molar-refractivity contribution in [3.63, 3.8) is 0 Å². The Morgan fingerprint density at radius 2 is 1.71 bits per heavy atom. The van der Waals surface area contributed by atoms with Crippen LogP contribution in [0.1, 0.15) is 25.7 Å². The third-order valence-electron chi connectivity index (χ3n) is 4.37. The molecule has 2 fully saturated rings.